The third kappa shape index (κ3) is 2.98. The maximum absolute atomic E-state index is 4.45. The van der Waals surface area contributed by atoms with Crippen LogP contribution in [0, 0.1) is 5.41 Å². The summed E-state index contributed by atoms with van der Waals surface area (Å²) < 4.78 is 0. The normalized spacial score (nSPS) is 21.6. The van der Waals surface area contributed by atoms with Gasteiger partial charge in [0.2, 0.25) is 0 Å². The molecule has 1 spiro atoms. The zero-order chi connectivity index (χ0) is 13.8. The van der Waals surface area contributed by atoms with E-state index in [0.717, 1.165) is 18.8 Å². The number of hydrogen-bond acceptors (Lipinski definition) is 3. The highest BCUT2D eigenvalue weighted by Gasteiger charge is 2.36. The Morgan fingerprint density at radius 3 is 2.65 bits per heavy atom. The molecule has 3 nitrogen and oxygen atoms in total. The number of aromatic nitrogens is 1. The molecule has 2 aliphatic rings. The minimum atomic E-state index is 0.704. The van der Waals surface area contributed by atoms with Crippen LogP contribution in [0.4, 0.5) is 5.69 Å². The number of nitrogens with one attached hydrogen (secondary N) is 1. The fourth-order valence-corrected chi connectivity index (χ4v) is 3.88. The van der Waals surface area contributed by atoms with E-state index in [0.29, 0.717) is 5.41 Å². The number of hydrogen-bond donors (Lipinski definition) is 1. The summed E-state index contributed by atoms with van der Waals surface area (Å²) in [6.07, 6.45) is 10.6. The van der Waals surface area contributed by atoms with Crippen molar-refractivity contribution in [2.45, 2.75) is 52.0 Å². The van der Waals surface area contributed by atoms with Crippen LogP contribution in [0.25, 0.3) is 0 Å². The summed E-state index contributed by atoms with van der Waals surface area (Å²) >= 11 is 0. The van der Waals surface area contributed by atoms with E-state index in [-0.39, 0.29) is 0 Å². The molecule has 1 N–H and O–H groups in total. The summed E-state index contributed by atoms with van der Waals surface area (Å²) in [5.41, 5.74) is 3.22. The first kappa shape index (κ1) is 13.9. The third-order valence-corrected chi connectivity index (χ3v) is 5.21. The molecule has 0 amide bonds. The second-order valence-electron chi connectivity index (χ2n) is 6.48. The molecule has 1 aliphatic carbocycles. The summed E-state index contributed by atoms with van der Waals surface area (Å²) in [5.74, 6) is 0. The Balaban J connectivity index is 1.62. The summed E-state index contributed by atoms with van der Waals surface area (Å²) in [4.78, 5) is 7.01. The smallest absolute Gasteiger partial charge is 0.0562 e. The van der Waals surface area contributed by atoms with Gasteiger partial charge in [0.15, 0.2) is 0 Å². The molecule has 0 radical (unpaired) electrons. The molecule has 2 fully saturated rings. The lowest BCUT2D eigenvalue weighted by Crippen LogP contribution is -2.38. The second kappa shape index (κ2) is 6.13. The third-order valence-electron chi connectivity index (χ3n) is 5.21. The van der Waals surface area contributed by atoms with Crippen LogP contribution in [0.1, 0.15) is 51.1 Å². The first-order valence-corrected chi connectivity index (χ1v) is 8.22. The highest BCUT2D eigenvalue weighted by atomic mass is 15.1. The second-order valence-corrected chi connectivity index (χ2v) is 6.48. The van der Waals surface area contributed by atoms with Crippen molar-refractivity contribution in [1.82, 2.24) is 10.3 Å². The fourth-order valence-electron chi connectivity index (χ4n) is 3.88. The lowest BCUT2D eigenvalue weighted by molar-refractivity contribution is 0.226. The van der Waals surface area contributed by atoms with E-state index < -0.39 is 0 Å². The standard InChI is InChI=1S/C17H27N3/c1-2-18-14-15-13-16(5-10-19-15)20-11-8-17(9-12-20)6-3-4-7-17/h5,10,13,18H,2-4,6-9,11-12,14H2,1H3. The van der Waals surface area contributed by atoms with Gasteiger partial charge in [0.1, 0.15) is 0 Å². The average Bonchev–Trinajstić information content (AvgIpc) is 2.94. The predicted octanol–water partition coefficient (Wildman–Crippen LogP) is 3.35. The van der Waals surface area contributed by atoms with E-state index in [1.54, 1.807) is 0 Å². The molecule has 1 saturated carbocycles. The highest BCUT2D eigenvalue weighted by molar-refractivity contribution is 5.47. The van der Waals surface area contributed by atoms with E-state index in [1.807, 2.05) is 6.20 Å². The maximum Gasteiger partial charge on any atom is 0.0562 e. The number of rotatable bonds is 4. The van der Waals surface area contributed by atoms with Gasteiger partial charge < -0.3 is 10.2 Å². The Morgan fingerprint density at radius 1 is 1.20 bits per heavy atom. The minimum absolute atomic E-state index is 0.704. The Labute approximate surface area is 122 Å². The first-order valence-electron chi connectivity index (χ1n) is 8.22. The first-order chi connectivity index (χ1) is 9.81. The molecule has 2 heterocycles. The molecule has 1 aromatic rings. The van der Waals surface area contributed by atoms with E-state index in [2.05, 4.69) is 34.3 Å². The van der Waals surface area contributed by atoms with Crippen LogP contribution in [-0.4, -0.2) is 24.6 Å². The van der Waals surface area contributed by atoms with Crippen molar-refractivity contribution in [2.75, 3.05) is 24.5 Å². The van der Waals surface area contributed by atoms with Crippen molar-refractivity contribution in [3.05, 3.63) is 24.0 Å². The number of piperidine rings is 1. The van der Waals surface area contributed by atoms with Gasteiger partial charge in [-0.2, -0.15) is 0 Å². The van der Waals surface area contributed by atoms with Crippen LogP contribution in [0.2, 0.25) is 0 Å². The largest absolute Gasteiger partial charge is 0.371 e. The van der Waals surface area contributed by atoms with Crippen LogP contribution in [0.15, 0.2) is 18.3 Å². The molecule has 0 unspecified atom stereocenters. The van der Waals surface area contributed by atoms with Crippen molar-refractivity contribution >= 4 is 5.69 Å². The van der Waals surface area contributed by atoms with Gasteiger partial charge in [0, 0.05) is 31.5 Å². The van der Waals surface area contributed by atoms with Gasteiger partial charge in [0.05, 0.1) is 5.69 Å². The van der Waals surface area contributed by atoms with Crippen LogP contribution in [0.5, 0.6) is 0 Å². The molecule has 1 saturated heterocycles. The summed E-state index contributed by atoms with van der Waals surface area (Å²) in [5, 5.41) is 3.35. The van der Waals surface area contributed by atoms with Gasteiger partial charge in [-0.05, 0) is 49.8 Å². The summed E-state index contributed by atoms with van der Waals surface area (Å²) in [6.45, 7) is 6.46. The Kier molecular flexibility index (Phi) is 4.25. The van der Waals surface area contributed by atoms with Crippen LogP contribution in [-0.2, 0) is 6.54 Å². The monoisotopic (exact) mass is 273 g/mol. The quantitative estimate of drug-likeness (QED) is 0.912. The van der Waals surface area contributed by atoms with Gasteiger partial charge >= 0.3 is 0 Å². The fraction of sp³-hybridized carbons (Fsp3) is 0.706. The zero-order valence-corrected chi connectivity index (χ0v) is 12.7. The molecule has 20 heavy (non-hydrogen) atoms. The van der Waals surface area contributed by atoms with Gasteiger partial charge in [-0.25, -0.2) is 0 Å². The van der Waals surface area contributed by atoms with Crippen LogP contribution >= 0.6 is 0 Å². The lowest BCUT2D eigenvalue weighted by atomic mass is 9.77. The molecular weight excluding hydrogens is 246 g/mol. The number of anilines is 1. The lowest BCUT2D eigenvalue weighted by Gasteiger charge is -2.40. The molecule has 1 aromatic heterocycles. The van der Waals surface area contributed by atoms with Gasteiger partial charge in [0.25, 0.3) is 0 Å². The van der Waals surface area contributed by atoms with Crippen molar-refractivity contribution in [3.63, 3.8) is 0 Å². The number of nitrogens with zero attached hydrogens (tertiary/aromatic N) is 2. The molecule has 3 heteroatoms. The Hall–Kier alpha value is -1.09. The molecular formula is C17H27N3. The number of pyridine rings is 1. The van der Waals surface area contributed by atoms with E-state index in [9.17, 15) is 0 Å². The molecule has 0 aromatic carbocycles. The Morgan fingerprint density at radius 2 is 1.95 bits per heavy atom. The molecule has 3 rings (SSSR count). The highest BCUT2D eigenvalue weighted by Crippen LogP contribution is 2.46. The van der Waals surface area contributed by atoms with Crippen molar-refractivity contribution in [1.29, 1.82) is 0 Å². The predicted molar refractivity (Wildman–Crippen MR) is 84.0 cm³/mol. The van der Waals surface area contributed by atoms with Crippen molar-refractivity contribution in [2.24, 2.45) is 5.41 Å². The van der Waals surface area contributed by atoms with Gasteiger partial charge in [-0.1, -0.05) is 19.8 Å². The van der Waals surface area contributed by atoms with Crippen molar-refractivity contribution < 1.29 is 0 Å². The molecule has 1 aliphatic heterocycles. The molecule has 0 bridgehead atoms. The van der Waals surface area contributed by atoms with E-state index in [1.165, 1.54) is 57.3 Å². The van der Waals surface area contributed by atoms with Crippen molar-refractivity contribution in [3.8, 4) is 0 Å². The van der Waals surface area contributed by atoms with E-state index >= 15 is 0 Å². The Bertz CT molecular complexity index is 428. The topological polar surface area (TPSA) is 28.2 Å². The zero-order valence-electron chi connectivity index (χ0n) is 12.7. The van der Waals surface area contributed by atoms with E-state index in [4.69, 9.17) is 0 Å². The minimum Gasteiger partial charge on any atom is -0.371 e. The SMILES string of the molecule is CCNCc1cc(N2CCC3(CCCC3)CC2)ccn1. The van der Waals surface area contributed by atoms with Gasteiger partial charge in [-0.3, -0.25) is 4.98 Å². The van der Waals surface area contributed by atoms with Gasteiger partial charge in [-0.15, -0.1) is 0 Å². The average molecular weight is 273 g/mol. The maximum atomic E-state index is 4.45. The summed E-state index contributed by atoms with van der Waals surface area (Å²) in [7, 11) is 0. The molecule has 0 atom stereocenters. The molecule has 110 valence electrons. The van der Waals surface area contributed by atoms with Crippen LogP contribution in [0.3, 0.4) is 0 Å². The van der Waals surface area contributed by atoms with Crippen LogP contribution < -0.4 is 10.2 Å². The summed E-state index contributed by atoms with van der Waals surface area (Å²) in [6, 6.07) is 4.43.